The van der Waals surface area contributed by atoms with E-state index in [1.54, 1.807) is 6.92 Å². The SMILES string of the molecule is C=C(C)C(=O)NCC[N+](C)(C)C.O=S(=O)([O-])O. The number of carbonyl (C=O) groups is 1. The molecule has 0 saturated carbocycles. The van der Waals surface area contributed by atoms with Crippen molar-refractivity contribution in [3.63, 3.8) is 0 Å². The first-order valence-corrected chi connectivity index (χ1v) is 6.12. The van der Waals surface area contributed by atoms with Crippen molar-refractivity contribution in [2.24, 2.45) is 0 Å². The lowest BCUT2D eigenvalue weighted by Gasteiger charge is -2.23. The maximum atomic E-state index is 11.0. The molecule has 0 saturated heterocycles. The van der Waals surface area contributed by atoms with Gasteiger partial charge >= 0.3 is 0 Å². The van der Waals surface area contributed by atoms with Gasteiger partial charge in [0.15, 0.2) is 0 Å². The van der Waals surface area contributed by atoms with Crippen LogP contribution >= 0.6 is 0 Å². The Bertz CT molecular complexity index is 348. The fourth-order valence-corrected chi connectivity index (χ4v) is 0.656. The van der Waals surface area contributed by atoms with Gasteiger partial charge in [0.25, 0.3) is 0 Å². The molecule has 0 aliphatic rings. The van der Waals surface area contributed by atoms with Crippen molar-refractivity contribution < 1.29 is 26.8 Å². The van der Waals surface area contributed by atoms with Crippen LogP contribution < -0.4 is 5.32 Å². The Morgan fingerprint density at radius 3 is 2.00 bits per heavy atom. The molecule has 0 unspecified atom stereocenters. The Labute approximate surface area is 102 Å². The van der Waals surface area contributed by atoms with E-state index in [0.29, 0.717) is 12.1 Å². The molecule has 0 aromatic carbocycles. The summed E-state index contributed by atoms with van der Waals surface area (Å²) in [5.74, 6) is -0.0524. The maximum absolute atomic E-state index is 11.0. The second-order valence-corrected chi connectivity index (χ2v) is 5.33. The molecule has 2 N–H and O–H groups in total. The maximum Gasteiger partial charge on any atom is 0.246 e. The quantitative estimate of drug-likeness (QED) is 0.306. The summed E-state index contributed by atoms with van der Waals surface area (Å²) in [4.78, 5) is 11.0. The molecule has 0 fully saturated rings. The molecule has 8 heteroatoms. The highest BCUT2D eigenvalue weighted by Gasteiger charge is 2.07. The van der Waals surface area contributed by atoms with Crippen LogP contribution in [0.3, 0.4) is 0 Å². The highest BCUT2D eigenvalue weighted by atomic mass is 32.3. The van der Waals surface area contributed by atoms with Gasteiger partial charge in [-0.1, -0.05) is 6.58 Å². The van der Waals surface area contributed by atoms with Gasteiger partial charge in [-0.25, -0.2) is 8.42 Å². The van der Waals surface area contributed by atoms with Crippen molar-refractivity contribution in [1.82, 2.24) is 5.32 Å². The third kappa shape index (κ3) is 25.4. The van der Waals surface area contributed by atoms with Crippen LogP contribution in [0.25, 0.3) is 0 Å². The minimum Gasteiger partial charge on any atom is -0.726 e. The van der Waals surface area contributed by atoms with E-state index in [4.69, 9.17) is 17.5 Å². The van der Waals surface area contributed by atoms with Crippen LogP contribution in [0.15, 0.2) is 12.2 Å². The number of nitrogens with one attached hydrogen (secondary N) is 1. The molecule has 0 rings (SSSR count). The fourth-order valence-electron chi connectivity index (χ4n) is 0.656. The predicted molar refractivity (Wildman–Crippen MR) is 63.0 cm³/mol. The normalized spacial score (nSPS) is 11.2. The standard InChI is InChI=1S/C9H18N2O.H2O4S/c1-8(2)9(12)10-6-7-11(3,4)5;1-5(2,3)4/h1,6-7H2,2-5H3;(H2,1,2,3,4). The highest BCUT2D eigenvalue weighted by Crippen LogP contribution is 1.88. The second-order valence-electron chi connectivity index (χ2n) is 4.48. The summed E-state index contributed by atoms with van der Waals surface area (Å²) in [6.07, 6.45) is 0. The van der Waals surface area contributed by atoms with Gasteiger partial charge in [-0.2, -0.15) is 0 Å². The van der Waals surface area contributed by atoms with Crippen LogP contribution in [0.1, 0.15) is 6.92 Å². The van der Waals surface area contributed by atoms with Crippen LogP contribution in [0, 0.1) is 0 Å². The Balaban J connectivity index is 0. The molecule has 7 nitrogen and oxygen atoms in total. The van der Waals surface area contributed by atoms with Gasteiger partial charge in [-0.3, -0.25) is 9.35 Å². The van der Waals surface area contributed by atoms with E-state index in [-0.39, 0.29) is 5.91 Å². The van der Waals surface area contributed by atoms with Crippen molar-refractivity contribution in [3.8, 4) is 0 Å². The van der Waals surface area contributed by atoms with Crippen LogP contribution in [-0.2, 0) is 15.2 Å². The molecule has 102 valence electrons. The molecule has 0 atom stereocenters. The van der Waals surface area contributed by atoms with Gasteiger partial charge in [0.05, 0.1) is 34.2 Å². The lowest BCUT2D eigenvalue weighted by molar-refractivity contribution is -0.869. The van der Waals surface area contributed by atoms with E-state index in [2.05, 4.69) is 33.0 Å². The summed E-state index contributed by atoms with van der Waals surface area (Å²) >= 11 is 0. The van der Waals surface area contributed by atoms with Crippen molar-refractivity contribution in [2.75, 3.05) is 34.2 Å². The summed E-state index contributed by atoms with van der Waals surface area (Å²) in [6.45, 7) is 6.90. The average Bonchev–Trinajstić information content (AvgIpc) is 1.97. The van der Waals surface area contributed by atoms with Crippen LogP contribution in [0.5, 0.6) is 0 Å². The van der Waals surface area contributed by atoms with Crippen LogP contribution in [-0.4, -0.2) is 62.1 Å². The molecule has 0 radical (unpaired) electrons. The molecule has 1 amide bonds. The van der Waals surface area contributed by atoms with Gasteiger partial charge in [-0.15, -0.1) is 0 Å². The van der Waals surface area contributed by atoms with E-state index < -0.39 is 10.4 Å². The number of quaternary nitrogens is 1. The number of hydrogen-bond donors (Lipinski definition) is 2. The minimum absolute atomic E-state index is 0.0524. The monoisotopic (exact) mass is 268 g/mol. The van der Waals surface area contributed by atoms with Gasteiger partial charge in [-0.05, 0) is 6.92 Å². The van der Waals surface area contributed by atoms with Crippen molar-refractivity contribution >= 4 is 16.3 Å². The summed E-state index contributed by atoms with van der Waals surface area (Å²) in [6, 6.07) is 0. The molecule has 0 bridgehead atoms. The first-order valence-electron chi connectivity index (χ1n) is 4.75. The number of amides is 1. The van der Waals surface area contributed by atoms with E-state index in [1.165, 1.54) is 0 Å². The zero-order chi connectivity index (χ0) is 14.3. The smallest absolute Gasteiger partial charge is 0.246 e. The van der Waals surface area contributed by atoms with Gasteiger partial charge in [0, 0.05) is 5.57 Å². The molecule has 0 aromatic heterocycles. The van der Waals surface area contributed by atoms with Gasteiger partial charge in [0.1, 0.15) is 0 Å². The Morgan fingerprint density at radius 2 is 1.76 bits per heavy atom. The number of likely N-dealkylation sites (N-methyl/N-ethyl adjacent to an activating group) is 1. The molecule has 0 spiro atoms. The number of carbonyl (C=O) groups excluding carboxylic acids is 1. The highest BCUT2D eigenvalue weighted by molar-refractivity contribution is 7.79. The van der Waals surface area contributed by atoms with E-state index >= 15 is 0 Å². The Hall–Kier alpha value is -0.960. The molecule has 0 aliphatic heterocycles. The molecule has 0 heterocycles. The number of nitrogens with zero attached hydrogens (tertiary/aromatic N) is 1. The number of rotatable bonds is 4. The van der Waals surface area contributed by atoms with E-state index in [9.17, 15) is 4.79 Å². The van der Waals surface area contributed by atoms with Crippen LogP contribution in [0.2, 0.25) is 0 Å². The average molecular weight is 268 g/mol. The zero-order valence-corrected chi connectivity index (χ0v) is 11.4. The Kier molecular flexibility index (Phi) is 7.99. The second kappa shape index (κ2) is 7.38. The van der Waals surface area contributed by atoms with Crippen LogP contribution in [0.4, 0.5) is 0 Å². The lowest BCUT2D eigenvalue weighted by atomic mass is 10.3. The van der Waals surface area contributed by atoms with Gasteiger partial charge < -0.3 is 14.4 Å². The lowest BCUT2D eigenvalue weighted by Crippen LogP contribution is -2.41. The van der Waals surface area contributed by atoms with Crippen molar-refractivity contribution in [3.05, 3.63) is 12.2 Å². The summed E-state index contributed by atoms with van der Waals surface area (Å²) in [7, 11) is 1.35. The number of hydrogen-bond acceptors (Lipinski definition) is 4. The van der Waals surface area contributed by atoms with E-state index in [0.717, 1.165) is 11.0 Å². The first-order chi connectivity index (χ1) is 7.33. The largest absolute Gasteiger partial charge is 0.726 e. The minimum atomic E-state index is -4.92. The van der Waals surface area contributed by atoms with E-state index in [1.807, 2.05) is 0 Å². The zero-order valence-electron chi connectivity index (χ0n) is 10.6. The Morgan fingerprint density at radius 1 is 1.41 bits per heavy atom. The molecule has 0 aromatic rings. The van der Waals surface area contributed by atoms with Crippen molar-refractivity contribution in [1.29, 1.82) is 0 Å². The molecule has 0 aliphatic carbocycles. The van der Waals surface area contributed by atoms with Gasteiger partial charge in [0.2, 0.25) is 16.3 Å². The topological polar surface area (TPSA) is 107 Å². The first kappa shape index (κ1) is 18.4. The molecular weight excluding hydrogens is 248 g/mol. The van der Waals surface area contributed by atoms with Crippen molar-refractivity contribution in [2.45, 2.75) is 6.92 Å². The third-order valence-corrected chi connectivity index (χ3v) is 1.46. The summed E-state index contributed by atoms with van der Waals surface area (Å²) in [5, 5.41) is 2.78. The molecule has 17 heavy (non-hydrogen) atoms. The summed E-state index contributed by atoms with van der Waals surface area (Å²) in [5.41, 5.74) is 0.566. The fraction of sp³-hybridized carbons (Fsp3) is 0.667. The molecular formula is C9H20N2O5S. The third-order valence-electron chi connectivity index (χ3n) is 1.46. The summed E-state index contributed by atoms with van der Waals surface area (Å²) < 4.78 is 33.7. The predicted octanol–water partition coefficient (Wildman–Crippen LogP) is -0.610.